The van der Waals surface area contributed by atoms with Crippen LogP contribution in [-0.4, -0.2) is 9.78 Å². The van der Waals surface area contributed by atoms with Crippen LogP contribution in [0.5, 0.6) is 11.6 Å². The van der Waals surface area contributed by atoms with Crippen molar-refractivity contribution in [3.8, 4) is 11.6 Å². The Balaban J connectivity index is 2.35. The number of ether oxygens (including phenoxy) is 1. The lowest BCUT2D eigenvalue weighted by Crippen LogP contribution is -1.98. The minimum atomic E-state index is 0.606. The van der Waals surface area contributed by atoms with E-state index in [1.165, 1.54) is 0 Å². The Morgan fingerprint density at radius 1 is 1.30 bits per heavy atom. The number of hydrogen-bond acceptors (Lipinski definition) is 3. The van der Waals surface area contributed by atoms with Crippen LogP contribution in [0.15, 0.2) is 16.6 Å². The van der Waals surface area contributed by atoms with Gasteiger partial charge in [0.05, 0.1) is 5.69 Å². The van der Waals surface area contributed by atoms with Crippen LogP contribution in [-0.2, 0) is 13.5 Å². The monoisotopic (exact) mass is 337 g/mol. The molecule has 0 radical (unpaired) electrons. The molecular formula is C15H20BrN3O. The van der Waals surface area contributed by atoms with Gasteiger partial charge in [-0.15, -0.1) is 0 Å². The van der Waals surface area contributed by atoms with Crippen LogP contribution in [0.3, 0.4) is 0 Å². The van der Waals surface area contributed by atoms with Crippen molar-refractivity contribution in [2.75, 3.05) is 5.73 Å². The Labute approximate surface area is 128 Å². The summed E-state index contributed by atoms with van der Waals surface area (Å²) in [5.74, 6) is 1.38. The van der Waals surface area contributed by atoms with Gasteiger partial charge in [0.25, 0.3) is 0 Å². The molecule has 0 aliphatic heterocycles. The third-order valence-corrected chi connectivity index (χ3v) is 4.47. The number of nitrogens with two attached hydrogens (primary N) is 1. The average molecular weight is 338 g/mol. The zero-order valence-electron chi connectivity index (χ0n) is 12.3. The molecule has 0 fully saturated rings. The van der Waals surface area contributed by atoms with Crippen molar-refractivity contribution in [3.05, 3.63) is 33.4 Å². The molecule has 1 aromatic carbocycles. The van der Waals surface area contributed by atoms with Gasteiger partial charge >= 0.3 is 0 Å². The third-order valence-electron chi connectivity index (χ3n) is 3.22. The van der Waals surface area contributed by atoms with Crippen LogP contribution in [0.1, 0.15) is 30.2 Å². The largest absolute Gasteiger partial charge is 0.437 e. The summed E-state index contributed by atoms with van der Waals surface area (Å²) in [6.07, 6.45) is 1.87. The SMILES string of the molecule is CCCc1nn(C)c(Oc2cc(C)c(Br)c(C)c2)c1N. The molecule has 0 amide bonds. The molecule has 1 aromatic heterocycles. The summed E-state index contributed by atoms with van der Waals surface area (Å²) in [5, 5.41) is 4.42. The van der Waals surface area contributed by atoms with Crippen LogP contribution in [0.2, 0.25) is 0 Å². The van der Waals surface area contributed by atoms with E-state index in [2.05, 4.69) is 28.0 Å². The van der Waals surface area contributed by atoms with Gasteiger partial charge in [-0.2, -0.15) is 5.10 Å². The number of benzene rings is 1. The van der Waals surface area contributed by atoms with Gasteiger partial charge in [-0.25, -0.2) is 4.68 Å². The highest BCUT2D eigenvalue weighted by molar-refractivity contribution is 9.10. The fraction of sp³-hybridized carbons (Fsp3) is 0.400. The smallest absolute Gasteiger partial charge is 0.241 e. The maximum absolute atomic E-state index is 6.13. The Kier molecular flexibility index (Phi) is 4.38. The fourth-order valence-electron chi connectivity index (χ4n) is 2.20. The number of hydrogen-bond donors (Lipinski definition) is 1. The van der Waals surface area contributed by atoms with E-state index in [1.54, 1.807) is 4.68 Å². The Bertz CT molecular complexity index is 611. The molecule has 0 bridgehead atoms. The van der Waals surface area contributed by atoms with E-state index in [4.69, 9.17) is 10.5 Å². The van der Waals surface area contributed by atoms with Gasteiger partial charge in [0.1, 0.15) is 11.4 Å². The highest BCUT2D eigenvalue weighted by atomic mass is 79.9. The summed E-state index contributed by atoms with van der Waals surface area (Å²) in [6, 6.07) is 3.98. The van der Waals surface area contributed by atoms with Crippen molar-refractivity contribution in [2.45, 2.75) is 33.6 Å². The molecule has 0 atom stereocenters. The lowest BCUT2D eigenvalue weighted by atomic mass is 10.1. The molecule has 20 heavy (non-hydrogen) atoms. The Morgan fingerprint density at radius 3 is 2.45 bits per heavy atom. The van der Waals surface area contributed by atoms with Crippen molar-refractivity contribution in [2.24, 2.45) is 7.05 Å². The van der Waals surface area contributed by atoms with Crippen molar-refractivity contribution >= 4 is 21.6 Å². The molecule has 2 rings (SSSR count). The molecule has 0 saturated carbocycles. The standard InChI is InChI=1S/C15H20BrN3O/c1-5-6-12-14(17)15(19(4)18-12)20-11-7-9(2)13(16)10(3)8-11/h7-8H,5-6,17H2,1-4H3. The summed E-state index contributed by atoms with van der Waals surface area (Å²) in [7, 11) is 1.85. The molecule has 1 heterocycles. The molecule has 0 unspecified atom stereocenters. The first-order valence-electron chi connectivity index (χ1n) is 6.70. The van der Waals surface area contributed by atoms with E-state index < -0.39 is 0 Å². The Morgan fingerprint density at radius 2 is 1.90 bits per heavy atom. The van der Waals surface area contributed by atoms with Crippen LogP contribution >= 0.6 is 15.9 Å². The molecule has 0 saturated heterocycles. The number of rotatable bonds is 4. The van der Waals surface area contributed by atoms with Gasteiger partial charge in [-0.1, -0.05) is 29.3 Å². The van der Waals surface area contributed by atoms with Crippen molar-refractivity contribution in [3.63, 3.8) is 0 Å². The van der Waals surface area contributed by atoms with Crippen LogP contribution < -0.4 is 10.5 Å². The zero-order valence-corrected chi connectivity index (χ0v) is 13.9. The van der Waals surface area contributed by atoms with Gasteiger partial charge in [0, 0.05) is 11.5 Å². The fourth-order valence-corrected chi connectivity index (χ4v) is 2.43. The first kappa shape index (κ1) is 14.9. The molecule has 4 nitrogen and oxygen atoms in total. The summed E-state index contributed by atoms with van der Waals surface area (Å²) >= 11 is 3.55. The average Bonchev–Trinajstić information content (AvgIpc) is 2.64. The molecule has 0 spiro atoms. The molecule has 0 aliphatic carbocycles. The molecule has 2 N–H and O–H groups in total. The van der Waals surface area contributed by atoms with E-state index in [0.29, 0.717) is 11.6 Å². The molecule has 5 heteroatoms. The van der Waals surface area contributed by atoms with Gasteiger partial charge < -0.3 is 10.5 Å². The minimum Gasteiger partial charge on any atom is -0.437 e. The van der Waals surface area contributed by atoms with Gasteiger partial charge in [0.15, 0.2) is 0 Å². The second-order valence-electron chi connectivity index (χ2n) is 5.01. The van der Waals surface area contributed by atoms with E-state index in [-0.39, 0.29) is 0 Å². The van der Waals surface area contributed by atoms with Crippen molar-refractivity contribution in [1.82, 2.24) is 9.78 Å². The molecule has 108 valence electrons. The first-order chi connectivity index (χ1) is 9.43. The normalized spacial score (nSPS) is 10.8. The predicted octanol–water partition coefficient (Wildman–Crippen LogP) is 4.13. The Hall–Kier alpha value is -1.49. The highest BCUT2D eigenvalue weighted by Crippen LogP contribution is 2.33. The topological polar surface area (TPSA) is 53.1 Å². The number of aromatic nitrogens is 2. The first-order valence-corrected chi connectivity index (χ1v) is 7.49. The predicted molar refractivity (Wildman–Crippen MR) is 85.3 cm³/mol. The molecule has 2 aromatic rings. The number of nitrogens with zero attached hydrogens (tertiary/aromatic N) is 2. The summed E-state index contributed by atoms with van der Waals surface area (Å²) in [4.78, 5) is 0. The maximum atomic E-state index is 6.13. The number of anilines is 1. The van der Waals surface area contributed by atoms with Crippen LogP contribution in [0, 0.1) is 13.8 Å². The lowest BCUT2D eigenvalue weighted by Gasteiger charge is -2.10. The molecular weight excluding hydrogens is 318 g/mol. The lowest BCUT2D eigenvalue weighted by molar-refractivity contribution is 0.432. The van der Waals surface area contributed by atoms with E-state index in [1.807, 2.05) is 33.0 Å². The van der Waals surface area contributed by atoms with E-state index in [0.717, 1.165) is 39.9 Å². The van der Waals surface area contributed by atoms with Crippen molar-refractivity contribution in [1.29, 1.82) is 0 Å². The molecule has 0 aliphatic rings. The quantitative estimate of drug-likeness (QED) is 0.912. The van der Waals surface area contributed by atoms with Gasteiger partial charge in [-0.3, -0.25) is 0 Å². The zero-order chi connectivity index (χ0) is 14.9. The van der Waals surface area contributed by atoms with Gasteiger partial charge in [-0.05, 0) is 43.5 Å². The second kappa shape index (κ2) is 5.87. The van der Waals surface area contributed by atoms with E-state index >= 15 is 0 Å². The summed E-state index contributed by atoms with van der Waals surface area (Å²) in [5.41, 5.74) is 9.92. The van der Waals surface area contributed by atoms with Gasteiger partial charge in [0.2, 0.25) is 5.88 Å². The van der Waals surface area contributed by atoms with Crippen molar-refractivity contribution < 1.29 is 4.74 Å². The summed E-state index contributed by atoms with van der Waals surface area (Å²) < 4.78 is 8.75. The number of halogens is 1. The number of aryl methyl sites for hydroxylation is 4. The highest BCUT2D eigenvalue weighted by Gasteiger charge is 2.15. The minimum absolute atomic E-state index is 0.606. The summed E-state index contributed by atoms with van der Waals surface area (Å²) in [6.45, 7) is 6.19. The third kappa shape index (κ3) is 2.82. The number of nitrogen functional groups attached to an aromatic ring is 1. The van der Waals surface area contributed by atoms with Crippen LogP contribution in [0.4, 0.5) is 5.69 Å². The van der Waals surface area contributed by atoms with E-state index in [9.17, 15) is 0 Å². The second-order valence-corrected chi connectivity index (χ2v) is 5.81. The maximum Gasteiger partial charge on any atom is 0.241 e. The van der Waals surface area contributed by atoms with Crippen LogP contribution in [0.25, 0.3) is 0 Å².